The van der Waals surface area contributed by atoms with Crippen molar-refractivity contribution >= 4 is 8.72 Å². The Morgan fingerprint density at radius 3 is 2.27 bits per heavy atom. The fourth-order valence-corrected chi connectivity index (χ4v) is 4.33. The molecule has 1 saturated heterocycles. The Morgan fingerprint density at radius 1 is 1.27 bits per heavy atom. The van der Waals surface area contributed by atoms with Crippen LogP contribution in [0.2, 0.25) is 6.04 Å². The second-order valence-electron chi connectivity index (χ2n) is 2.65. The van der Waals surface area contributed by atoms with E-state index in [1.807, 2.05) is 13.8 Å². The molecule has 1 aliphatic heterocycles. The van der Waals surface area contributed by atoms with Crippen LogP contribution < -0.4 is 4.98 Å². The molecule has 0 atom stereocenters. The van der Waals surface area contributed by atoms with E-state index in [9.17, 15) is 0 Å². The Labute approximate surface area is 69.4 Å². The van der Waals surface area contributed by atoms with Gasteiger partial charge in [0.2, 0.25) is 0 Å². The number of hydrogen-bond acceptors (Lipinski definition) is 3. The van der Waals surface area contributed by atoms with Crippen LogP contribution in [-0.2, 0) is 8.85 Å². The molecule has 0 spiro atoms. The summed E-state index contributed by atoms with van der Waals surface area (Å²) in [6.07, 6.45) is 1.20. The van der Waals surface area contributed by atoms with Crippen molar-refractivity contribution in [3.63, 3.8) is 0 Å². The topological polar surface area (TPSA) is 30.5 Å². The minimum absolute atomic E-state index is 0.763. The minimum atomic E-state index is -1.88. The third-order valence-electron chi connectivity index (χ3n) is 1.83. The van der Waals surface area contributed by atoms with Gasteiger partial charge in [-0.2, -0.15) is 0 Å². The third-order valence-corrected chi connectivity index (χ3v) is 5.14. The van der Waals surface area contributed by atoms with Crippen LogP contribution in [0.4, 0.5) is 0 Å². The second-order valence-corrected chi connectivity index (χ2v) is 5.59. The van der Waals surface area contributed by atoms with Crippen molar-refractivity contribution in [1.29, 1.82) is 0 Å². The Kier molecular flexibility index (Phi) is 3.51. The monoisotopic (exact) mass is 175 g/mol. The fraction of sp³-hybridized carbons (Fsp3) is 1.00. The fourth-order valence-electron chi connectivity index (χ4n) is 1.44. The maximum atomic E-state index is 5.64. The van der Waals surface area contributed by atoms with E-state index in [1.165, 1.54) is 6.42 Å². The lowest BCUT2D eigenvalue weighted by atomic mass is 10.5. The summed E-state index contributed by atoms with van der Waals surface area (Å²) in [5.74, 6) is 0. The molecule has 1 heterocycles. The van der Waals surface area contributed by atoms with Crippen LogP contribution in [0.15, 0.2) is 0 Å². The summed E-state index contributed by atoms with van der Waals surface area (Å²) < 4.78 is 11.3. The Hall–Kier alpha value is 0.0969. The Balaban J connectivity index is 2.40. The molecule has 1 fully saturated rings. The zero-order chi connectivity index (χ0) is 8.16. The van der Waals surface area contributed by atoms with Crippen LogP contribution in [0.25, 0.3) is 0 Å². The molecule has 0 amide bonds. The van der Waals surface area contributed by atoms with E-state index in [4.69, 9.17) is 8.85 Å². The van der Waals surface area contributed by atoms with E-state index in [1.54, 1.807) is 0 Å². The summed E-state index contributed by atoms with van der Waals surface area (Å²) >= 11 is 0. The minimum Gasteiger partial charge on any atom is -0.383 e. The summed E-state index contributed by atoms with van der Waals surface area (Å²) in [5, 5.41) is 0. The standard InChI is InChI=1S/C7H17NO2Si/c1-3-9-11(10-4-2)7-5-6-8-11/h8H,3-7H2,1-2H3. The predicted molar refractivity (Wildman–Crippen MR) is 46.4 cm³/mol. The van der Waals surface area contributed by atoms with Gasteiger partial charge in [0.15, 0.2) is 0 Å². The number of nitrogens with one attached hydrogen (secondary N) is 1. The lowest BCUT2D eigenvalue weighted by Gasteiger charge is -2.24. The first-order valence-electron chi connectivity index (χ1n) is 4.36. The van der Waals surface area contributed by atoms with Crippen LogP contribution >= 0.6 is 0 Å². The highest BCUT2D eigenvalue weighted by Crippen LogP contribution is 2.17. The quantitative estimate of drug-likeness (QED) is 0.646. The molecule has 0 aromatic rings. The first-order chi connectivity index (χ1) is 5.33. The van der Waals surface area contributed by atoms with Gasteiger partial charge in [0.05, 0.1) is 0 Å². The van der Waals surface area contributed by atoms with Crippen LogP contribution in [0.5, 0.6) is 0 Å². The molecule has 4 heteroatoms. The smallest absolute Gasteiger partial charge is 0.383 e. The van der Waals surface area contributed by atoms with Gasteiger partial charge < -0.3 is 8.85 Å². The summed E-state index contributed by atoms with van der Waals surface area (Å²) in [5.41, 5.74) is 0. The van der Waals surface area contributed by atoms with E-state index < -0.39 is 8.72 Å². The van der Waals surface area contributed by atoms with Crippen molar-refractivity contribution < 1.29 is 8.85 Å². The molecule has 1 aliphatic rings. The highest BCUT2D eigenvalue weighted by molar-refractivity contribution is 6.65. The first-order valence-corrected chi connectivity index (χ1v) is 6.38. The third kappa shape index (κ3) is 2.26. The number of hydrogen-bond donors (Lipinski definition) is 1. The molecule has 11 heavy (non-hydrogen) atoms. The van der Waals surface area contributed by atoms with E-state index in [0.29, 0.717) is 0 Å². The van der Waals surface area contributed by atoms with Gasteiger partial charge in [-0.15, -0.1) is 0 Å². The molecule has 1 N–H and O–H groups in total. The van der Waals surface area contributed by atoms with E-state index in [-0.39, 0.29) is 0 Å². The summed E-state index contributed by atoms with van der Waals surface area (Å²) in [7, 11) is -1.88. The van der Waals surface area contributed by atoms with Crippen molar-refractivity contribution in [3.05, 3.63) is 0 Å². The molecule has 3 nitrogen and oxygen atoms in total. The Morgan fingerprint density at radius 2 is 1.91 bits per heavy atom. The normalized spacial score (nSPS) is 22.4. The summed E-state index contributed by atoms with van der Waals surface area (Å²) in [6, 6.07) is 1.11. The van der Waals surface area contributed by atoms with Crippen LogP contribution in [0.1, 0.15) is 20.3 Å². The van der Waals surface area contributed by atoms with Gasteiger partial charge in [-0.1, -0.05) is 0 Å². The molecule has 1 rings (SSSR count). The van der Waals surface area contributed by atoms with Crippen molar-refractivity contribution in [2.45, 2.75) is 26.3 Å². The van der Waals surface area contributed by atoms with Gasteiger partial charge in [-0.3, -0.25) is 4.98 Å². The highest BCUT2D eigenvalue weighted by atomic mass is 28.4. The maximum absolute atomic E-state index is 5.64. The molecule has 66 valence electrons. The van der Waals surface area contributed by atoms with E-state index >= 15 is 0 Å². The van der Waals surface area contributed by atoms with Crippen molar-refractivity contribution in [3.8, 4) is 0 Å². The van der Waals surface area contributed by atoms with Gasteiger partial charge in [-0.05, 0) is 26.8 Å². The van der Waals surface area contributed by atoms with Crippen molar-refractivity contribution in [2.75, 3.05) is 19.8 Å². The van der Waals surface area contributed by atoms with Gasteiger partial charge >= 0.3 is 8.72 Å². The summed E-state index contributed by atoms with van der Waals surface area (Å²) in [4.78, 5) is 3.37. The lowest BCUT2D eigenvalue weighted by molar-refractivity contribution is 0.179. The van der Waals surface area contributed by atoms with Crippen molar-refractivity contribution in [1.82, 2.24) is 4.98 Å². The average Bonchev–Trinajstić information content (AvgIpc) is 2.39. The Bertz CT molecular complexity index is 107. The molecule has 0 saturated carbocycles. The second kappa shape index (κ2) is 4.20. The predicted octanol–water partition coefficient (Wildman–Crippen LogP) is 0.992. The zero-order valence-electron chi connectivity index (χ0n) is 7.35. The molecular formula is C7H17NO2Si. The van der Waals surface area contributed by atoms with Crippen LogP contribution in [0.3, 0.4) is 0 Å². The van der Waals surface area contributed by atoms with Gasteiger partial charge in [0, 0.05) is 19.3 Å². The van der Waals surface area contributed by atoms with Crippen molar-refractivity contribution in [2.24, 2.45) is 0 Å². The molecular weight excluding hydrogens is 158 g/mol. The SMILES string of the molecule is CCO[Si]1(OCC)CCCN1. The number of rotatable bonds is 4. The highest BCUT2D eigenvalue weighted by Gasteiger charge is 2.40. The lowest BCUT2D eigenvalue weighted by Crippen LogP contribution is -2.51. The van der Waals surface area contributed by atoms with Gasteiger partial charge in [0.1, 0.15) is 0 Å². The van der Waals surface area contributed by atoms with Gasteiger partial charge in [0.25, 0.3) is 0 Å². The van der Waals surface area contributed by atoms with E-state index in [0.717, 1.165) is 25.8 Å². The molecule has 0 aromatic carbocycles. The average molecular weight is 175 g/mol. The van der Waals surface area contributed by atoms with Gasteiger partial charge in [-0.25, -0.2) is 0 Å². The molecule has 0 aromatic heterocycles. The summed E-state index contributed by atoms with van der Waals surface area (Å²) in [6.45, 7) is 6.63. The zero-order valence-corrected chi connectivity index (χ0v) is 8.35. The molecule has 0 radical (unpaired) electrons. The van der Waals surface area contributed by atoms with Crippen LogP contribution in [-0.4, -0.2) is 28.5 Å². The van der Waals surface area contributed by atoms with E-state index in [2.05, 4.69) is 4.98 Å². The molecule has 0 bridgehead atoms. The largest absolute Gasteiger partial charge is 0.425 e. The molecule has 0 unspecified atom stereocenters. The maximum Gasteiger partial charge on any atom is 0.425 e. The first kappa shape index (κ1) is 9.19. The van der Waals surface area contributed by atoms with Crippen LogP contribution in [0, 0.1) is 0 Å². The molecule has 0 aliphatic carbocycles.